The van der Waals surface area contributed by atoms with Gasteiger partial charge in [-0.25, -0.2) is 0 Å². The standard InChI is InChI=1S/C21H28N2O/c1-16-4-6-17(7-5-16)10-14-23(19-8-9-19)21(24)20-11-13-22-12-2-3-18(20)15-22/h4-7,11,18-19H,2-3,8-10,12-15H2,1H3. The second kappa shape index (κ2) is 6.72. The summed E-state index contributed by atoms with van der Waals surface area (Å²) < 4.78 is 0. The van der Waals surface area contributed by atoms with Crippen LogP contribution >= 0.6 is 0 Å². The Bertz CT molecular complexity index is 630. The largest absolute Gasteiger partial charge is 0.336 e. The third-order valence-electron chi connectivity index (χ3n) is 5.77. The molecule has 1 saturated carbocycles. The molecule has 1 aromatic rings. The number of piperidine rings is 1. The van der Waals surface area contributed by atoms with E-state index in [9.17, 15) is 4.79 Å². The summed E-state index contributed by atoms with van der Waals surface area (Å²) in [6.07, 6.45) is 7.98. The van der Waals surface area contributed by atoms with Crippen molar-refractivity contribution in [2.24, 2.45) is 5.92 Å². The number of carbonyl (C=O) groups excluding carboxylic acids is 1. The normalized spacial score (nSPS) is 26.0. The third-order valence-corrected chi connectivity index (χ3v) is 5.77. The summed E-state index contributed by atoms with van der Waals surface area (Å²) in [5.74, 6) is 0.803. The zero-order valence-corrected chi connectivity index (χ0v) is 14.7. The van der Waals surface area contributed by atoms with E-state index in [1.54, 1.807) is 0 Å². The van der Waals surface area contributed by atoms with Crippen molar-refractivity contribution in [3.05, 3.63) is 47.0 Å². The molecule has 3 nitrogen and oxygen atoms in total. The Hall–Kier alpha value is -1.61. The molecule has 0 aromatic heterocycles. The first kappa shape index (κ1) is 15.9. The number of aryl methyl sites for hydroxylation is 1. The van der Waals surface area contributed by atoms with Gasteiger partial charge < -0.3 is 4.90 Å². The van der Waals surface area contributed by atoms with Crippen LogP contribution < -0.4 is 0 Å². The van der Waals surface area contributed by atoms with Crippen LogP contribution in [0.4, 0.5) is 0 Å². The van der Waals surface area contributed by atoms with Gasteiger partial charge in [0.2, 0.25) is 5.91 Å². The predicted octanol–water partition coefficient (Wildman–Crippen LogP) is 3.18. The van der Waals surface area contributed by atoms with Gasteiger partial charge >= 0.3 is 0 Å². The molecule has 128 valence electrons. The molecule has 0 radical (unpaired) electrons. The minimum atomic E-state index is 0.330. The molecule has 1 aliphatic carbocycles. The van der Waals surface area contributed by atoms with Crippen LogP contribution in [0.2, 0.25) is 0 Å². The molecule has 2 unspecified atom stereocenters. The van der Waals surface area contributed by atoms with Crippen molar-refractivity contribution in [3.8, 4) is 0 Å². The van der Waals surface area contributed by atoms with Crippen LogP contribution in [0.15, 0.2) is 35.9 Å². The van der Waals surface area contributed by atoms with E-state index in [1.807, 2.05) is 0 Å². The Morgan fingerprint density at radius 1 is 1.21 bits per heavy atom. The highest BCUT2D eigenvalue weighted by Crippen LogP contribution is 2.33. The van der Waals surface area contributed by atoms with Gasteiger partial charge in [-0.15, -0.1) is 0 Å². The van der Waals surface area contributed by atoms with Crippen molar-refractivity contribution in [1.82, 2.24) is 9.80 Å². The molecule has 3 heteroatoms. The Morgan fingerprint density at radius 2 is 2.00 bits per heavy atom. The fraction of sp³-hybridized carbons (Fsp3) is 0.571. The number of hydrogen-bond donors (Lipinski definition) is 0. The van der Waals surface area contributed by atoms with Gasteiger partial charge in [-0.05, 0) is 51.1 Å². The molecule has 0 N–H and O–H groups in total. The quantitative estimate of drug-likeness (QED) is 0.830. The number of rotatable bonds is 5. The lowest BCUT2D eigenvalue weighted by Crippen LogP contribution is -2.45. The van der Waals surface area contributed by atoms with Crippen molar-refractivity contribution >= 4 is 5.91 Å². The fourth-order valence-electron chi connectivity index (χ4n) is 4.14. The maximum Gasteiger partial charge on any atom is 0.250 e. The molecule has 2 aliphatic heterocycles. The Balaban J connectivity index is 1.44. The minimum absolute atomic E-state index is 0.330. The fourth-order valence-corrected chi connectivity index (χ4v) is 4.14. The number of benzene rings is 1. The van der Waals surface area contributed by atoms with E-state index in [1.165, 1.54) is 43.4 Å². The zero-order chi connectivity index (χ0) is 16.5. The van der Waals surface area contributed by atoms with Gasteiger partial charge in [-0.3, -0.25) is 9.69 Å². The minimum Gasteiger partial charge on any atom is -0.336 e. The van der Waals surface area contributed by atoms with E-state index in [0.29, 0.717) is 17.9 Å². The Kier molecular flexibility index (Phi) is 4.45. The number of carbonyl (C=O) groups is 1. The molecular formula is C21H28N2O. The van der Waals surface area contributed by atoms with E-state index >= 15 is 0 Å². The van der Waals surface area contributed by atoms with E-state index in [4.69, 9.17) is 0 Å². The van der Waals surface area contributed by atoms with E-state index < -0.39 is 0 Å². The van der Waals surface area contributed by atoms with Gasteiger partial charge in [-0.1, -0.05) is 35.9 Å². The number of fused-ring (bicyclic) bond motifs is 2. The van der Waals surface area contributed by atoms with Crippen molar-refractivity contribution in [3.63, 3.8) is 0 Å². The predicted molar refractivity (Wildman–Crippen MR) is 96.9 cm³/mol. The summed E-state index contributed by atoms with van der Waals surface area (Å²) in [5.41, 5.74) is 3.74. The Morgan fingerprint density at radius 3 is 2.75 bits per heavy atom. The highest BCUT2D eigenvalue weighted by Gasteiger charge is 2.37. The molecule has 1 aromatic carbocycles. The summed E-state index contributed by atoms with van der Waals surface area (Å²) >= 11 is 0. The summed E-state index contributed by atoms with van der Waals surface area (Å²) in [5, 5.41) is 0. The molecule has 2 fully saturated rings. The summed E-state index contributed by atoms with van der Waals surface area (Å²) in [4.78, 5) is 17.9. The lowest BCUT2D eigenvalue weighted by atomic mass is 9.86. The average Bonchev–Trinajstić information content (AvgIpc) is 3.42. The van der Waals surface area contributed by atoms with Gasteiger partial charge in [0.15, 0.2) is 0 Å². The first-order valence-electron chi connectivity index (χ1n) is 9.49. The van der Waals surface area contributed by atoms with Crippen LogP contribution in [0.5, 0.6) is 0 Å². The van der Waals surface area contributed by atoms with Crippen LogP contribution in [0, 0.1) is 12.8 Å². The topological polar surface area (TPSA) is 23.6 Å². The zero-order valence-electron chi connectivity index (χ0n) is 14.7. The van der Waals surface area contributed by atoms with Gasteiger partial charge in [0, 0.05) is 37.2 Å². The highest BCUT2D eigenvalue weighted by atomic mass is 16.2. The molecule has 4 rings (SSSR count). The summed E-state index contributed by atoms with van der Waals surface area (Å²) in [6, 6.07) is 9.22. The van der Waals surface area contributed by atoms with Crippen molar-refractivity contribution in [2.75, 3.05) is 26.2 Å². The van der Waals surface area contributed by atoms with Gasteiger partial charge in [0.25, 0.3) is 0 Å². The molecule has 2 heterocycles. The maximum atomic E-state index is 13.2. The number of amides is 1. The smallest absolute Gasteiger partial charge is 0.250 e. The monoisotopic (exact) mass is 324 g/mol. The van der Waals surface area contributed by atoms with Crippen molar-refractivity contribution in [1.29, 1.82) is 0 Å². The summed E-state index contributed by atoms with van der Waals surface area (Å²) in [6.45, 7) is 6.24. The number of hydrogen-bond acceptors (Lipinski definition) is 2. The first-order valence-corrected chi connectivity index (χ1v) is 9.49. The average molecular weight is 324 g/mol. The third kappa shape index (κ3) is 3.41. The van der Waals surface area contributed by atoms with Crippen LogP contribution in [-0.2, 0) is 11.2 Å². The molecule has 2 atom stereocenters. The van der Waals surface area contributed by atoms with Crippen LogP contribution in [0.3, 0.4) is 0 Å². The molecular weight excluding hydrogens is 296 g/mol. The molecule has 0 spiro atoms. The van der Waals surface area contributed by atoms with Crippen LogP contribution in [-0.4, -0.2) is 47.9 Å². The lowest BCUT2D eigenvalue weighted by molar-refractivity contribution is -0.128. The molecule has 1 amide bonds. The van der Waals surface area contributed by atoms with E-state index in [-0.39, 0.29) is 0 Å². The van der Waals surface area contributed by atoms with E-state index in [2.05, 4.69) is 47.1 Å². The lowest BCUT2D eigenvalue weighted by Gasteiger charge is -2.38. The van der Waals surface area contributed by atoms with Gasteiger partial charge in [-0.2, -0.15) is 0 Å². The SMILES string of the molecule is Cc1ccc(CCN(C(=O)C2=CCN3CCCC2C3)C2CC2)cc1. The summed E-state index contributed by atoms with van der Waals surface area (Å²) in [7, 11) is 0. The highest BCUT2D eigenvalue weighted by molar-refractivity contribution is 5.94. The molecule has 24 heavy (non-hydrogen) atoms. The van der Waals surface area contributed by atoms with E-state index in [0.717, 1.165) is 31.6 Å². The number of nitrogens with zero attached hydrogens (tertiary/aromatic N) is 2. The molecule has 1 saturated heterocycles. The van der Waals surface area contributed by atoms with Gasteiger partial charge in [0.1, 0.15) is 0 Å². The second-order valence-electron chi connectivity index (χ2n) is 7.72. The first-order chi connectivity index (χ1) is 11.7. The van der Waals surface area contributed by atoms with Gasteiger partial charge in [0.05, 0.1) is 0 Å². The second-order valence-corrected chi connectivity index (χ2v) is 7.72. The molecule has 2 bridgehead atoms. The van der Waals surface area contributed by atoms with Crippen LogP contribution in [0.1, 0.15) is 36.8 Å². The van der Waals surface area contributed by atoms with Crippen LogP contribution in [0.25, 0.3) is 0 Å². The maximum absolute atomic E-state index is 13.2. The molecule has 3 aliphatic rings. The van der Waals surface area contributed by atoms with Crippen molar-refractivity contribution < 1.29 is 4.79 Å². The Labute approximate surface area is 145 Å². The van der Waals surface area contributed by atoms with Crippen molar-refractivity contribution in [2.45, 2.75) is 45.1 Å².